The van der Waals surface area contributed by atoms with Gasteiger partial charge in [0.1, 0.15) is 6.04 Å². The predicted molar refractivity (Wildman–Crippen MR) is 185 cm³/mol. The Morgan fingerprint density at radius 1 is 0.820 bits per heavy atom. The van der Waals surface area contributed by atoms with Crippen molar-refractivity contribution in [2.45, 2.75) is 113 Å². The number of amides is 2. The summed E-state index contributed by atoms with van der Waals surface area (Å²) in [6, 6.07) is 16.3. The summed E-state index contributed by atoms with van der Waals surface area (Å²) >= 11 is 0. The molecule has 50 heavy (non-hydrogen) atoms. The van der Waals surface area contributed by atoms with E-state index in [1.165, 1.54) is 24.6 Å². The molecular formula is C39H50N2O8S. The van der Waals surface area contributed by atoms with E-state index in [9.17, 15) is 18.0 Å². The Morgan fingerprint density at radius 2 is 1.40 bits per heavy atom. The van der Waals surface area contributed by atoms with Gasteiger partial charge in [0.25, 0.3) is 0 Å². The number of carbonyl (C=O) groups excluding carboxylic acids is 2. The predicted octanol–water partition coefficient (Wildman–Crippen LogP) is 6.18. The van der Waals surface area contributed by atoms with Crippen LogP contribution >= 0.6 is 0 Å². The van der Waals surface area contributed by atoms with Crippen molar-refractivity contribution < 1.29 is 37.6 Å². The summed E-state index contributed by atoms with van der Waals surface area (Å²) in [6.07, 6.45) is 9.88. The second kappa shape index (κ2) is 14.5. The van der Waals surface area contributed by atoms with Gasteiger partial charge in [-0.05, 0) is 93.2 Å². The fourth-order valence-corrected chi connectivity index (χ4v) is 10.2. The Morgan fingerprint density at radius 3 is 1.98 bits per heavy atom. The molecule has 2 atom stereocenters. The minimum Gasteiger partial charge on any atom is -0.348 e. The molecule has 8 rings (SSSR count). The Kier molecular flexibility index (Phi) is 10.2. The SMILES string of the molecule is CC(C)C[C@H](NC(=O)C1CCC2(CC1)OOC1(OO2)C2CC3CC(C2)CC1C3)C(=O)N[C@H](/C=C/S(=O)(=O)c1ccccc1)Cc1ccccc1. The van der Waals surface area contributed by atoms with Crippen molar-refractivity contribution in [2.24, 2.45) is 35.5 Å². The van der Waals surface area contributed by atoms with Crippen LogP contribution in [0.1, 0.15) is 83.6 Å². The number of carbonyl (C=O) groups is 2. The topological polar surface area (TPSA) is 129 Å². The maximum absolute atomic E-state index is 13.8. The van der Waals surface area contributed by atoms with Crippen LogP contribution in [0, 0.1) is 35.5 Å². The summed E-state index contributed by atoms with van der Waals surface area (Å²) in [7, 11) is -3.72. The molecule has 0 aromatic heterocycles. The van der Waals surface area contributed by atoms with Gasteiger partial charge in [0.2, 0.25) is 23.4 Å². The van der Waals surface area contributed by atoms with Crippen LogP contribution in [0.3, 0.4) is 0 Å². The third-order valence-corrected chi connectivity index (χ3v) is 13.0. The van der Waals surface area contributed by atoms with E-state index < -0.39 is 33.5 Å². The number of benzene rings is 2. The van der Waals surface area contributed by atoms with Crippen LogP contribution in [0.15, 0.2) is 77.0 Å². The van der Waals surface area contributed by atoms with Crippen LogP contribution in [0.2, 0.25) is 0 Å². The molecule has 5 saturated carbocycles. The second-order valence-corrected chi connectivity index (χ2v) is 17.6. The molecule has 6 fully saturated rings. The third-order valence-electron chi connectivity index (χ3n) is 11.6. The maximum atomic E-state index is 13.8. The van der Waals surface area contributed by atoms with Crippen molar-refractivity contribution in [2.75, 3.05) is 0 Å². The number of hydrogen-bond donors (Lipinski definition) is 2. The molecular weight excluding hydrogens is 657 g/mol. The number of hydrogen-bond acceptors (Lipinski definition) is 8. The van der Waals surface area contributed by atoms with E-state index in [4.69, 9.17) is 19.6 Å². The third kappa shape index (κ3) is 7.58. The van der Waals surface area contributed by atoms with Crippen molar-refractivity contribution in [1.29, 1.82) is 0 Å². The Hall–Kier alpha value is -3.09. The summed E-state index contributed by atoms with van der Waals surface area (Å²) in [6.45, 7) is 4.00. The molecule has 2 spiro atoms. The maximum Gasteiger partial charge on any atom is 0.243 e. The van der Waals surface area contributed by atoms with Crippen LogP contribution in [0.5, 0.6) is 0 Å². The van der Waals surface area contributed by atoms with Crippen LogP contribution in [0.25, 0.3) is 0 Å². The van der Waals surface area contributed by atoms with E-state index >= 15 is 0 Å². The first-order valence-corrected chi connectivity index (χ1v) is 19.9. The molecule has 0 unspecified atom stereocenters. The number of nitrogens with one attached hydrogen (secondary N) is 2. The van der Waals surface area contributed by atoms with E-state index in [1.54, 1.807) is 18.2 Å². The summed E-state index contributed by atoms with van der Waals surface area (Å²) in [5.41, 5.74) is 0.939. The van der Waals surface area contributed by atoms with Crippen molar-refractivity contribution in [3.8, 4) is 0 Å². The first-order valence-electron chi connectivity index (χ1n) is 18.4. The monoisotopic (exact) mass is 706 g/mol. The lowest BCUT2D eigenvalue weighted by atomic mass is 9.53. The molecule has 0 radical (unpaired) electrons. The zero-order valence-corrected chi connectivity index (χ0v) is 29.8. The smallest absolute Gasteiger partial charge is 0.243 e. The molecule has 4 bridgehead atoms. The van der Waals surface area contributed by atoms with Gasteiger partial charge in [0.15, 0.2) is 9.84 Å². The van der Waals surface area contributed by atoms with Gasteiger partial charge < -0.3 is 10.6 Å². The summed E-state index contributed by atoms with van der Waals surface area (Å²) in [4.78, 5) is 52.1. The van der Waals surface area contributed by atoms with Gasteiger partial charge in [-0.2, -0.15) is 19.6 Å². The standard InChI is InChI=1S/C39H50N2O8S/c1-26(2)19-35(37(43)40-33(25-27-9-5-3-6-10-27)15-18-50(44,45)34-11-7-4-8-12-34)41-36(42)30-13-16-38(17-14-30)46-48-39(49-47-38)31-21-28-20-29(23-31)24-32(39)22-28/h3-12,15,18,26,28-33,35H,13-14,16-17,19-25H2,1-2H3,(H,40,43)(H,41,42)/b18-15+/t28?,29?,30?,31?,32?,33-,35+,38?,39?/m1/s1. The minimum atomic E-state index is -3.72. The molecule has 1 aliphatic heterocycles. The van der Waals surface area contributed by atoms with E-state index in [2.05, 4.69) is 10.6 Å². The van der Waals surface area contributed by atoms with Gasteiger partial charge in [-0.15, -0.1) is 0 Å². The summed E-state index contributed by atoms with van der Waals surface area (Å²) < 4.78 is 26.1. The molecule has 5 aliphatic carbocycles. The van der Waals surface area contributed by atoms with Crippen molar-refractivity contribution in [3.05, 3.63) is 77.7 Å². The molecule has 1 saturated heterocycles. The van der Waals surface area contributed by atoms with E-state index in [0.29, 0.717) is 50.4 Å². The average Bonchev–Trinajstić information content (AvgIpc) is 3.11. The van der Waals surface area contributed by atoms with E-state index in [-0.39, 0.29) is 28.5 Å². The lowest BCUT2D eigenvalue weighted by Gasteiger charge is -2.60. The molecule has 270 valence electrons. The lowest BCUT2D eigenvalue weighted by Crippen LogP contribution is -2.65. The molecule has 11 heteroatoms. The molecule has 2 N–H and O–H groups in total. The summed E-state index contributed by atoms with van der Waals surface area (Å²) in [5, 5.41) is 7.19. The Balaban J connectivity index is 0.970. The van der Waals surface area contributed by atoms with Gasteiger partial charge in [-0.1, -0.05) is 68.5 Å². The molecule has 10 nitrogen and oxygen atoms in total. The minimum absolute atomic E-state index is 0.123. The molecule has 2 amide bonds. The summed E-state index contributed by atoms with van der Waals surface area (Å²) in [5.74, 6) is -0.529. The Bertz CT molecular complexity index is 1600. The fourth-order valence-electron chi connectivity index (χ4n) is 9.11. The Labute approximate surface area is 295 Å². The molecule has 1 heterocycles. The van der Waals surface area contributed by atoms with E-state index in [1.807, 2.05) is 44.2 Å². The average molecular weight is 707 g/mol. The zero-order chi connectivity index (χ0) is 34.9. The number of rotatable bonds is 11. The highest BCUT2D eigenvalue weighted by atomic mass is 32.2. The zero-order valence-electron chi connectivity index (χ0n) is 29.0. The fraction of sp³-hybridized carbons (Fsp3) is 0.590. The van der Waals surface area contributed by atoms with E-state index in [0.717, 1.165) is 48.5 Å². The highest BCUT2D eigenvalue weighted by Crippen LogP contribution is 2.62. The van der Waals surface area contributed by atoms with Crippen molar-refractivity contribution in [1.82, 2.24) is 10.6 Å². The molecule has 2 aromatic rings. The quantitative estimate of drug-likeness (QED) is 0.265. The van der Waals surface area contributed by atoms with Gasteiger partial charge in [0, 0.05) is 36.0 Å². The highest BCUT2D eigenvalue weighted by molar-refractivity contribution is 7.94. The van der Waals surface area contributed by atoms with Crippen LogP contribution in [0.4, 0.5) is 0 Å². The van der Waals surface area contributed by atoms with Crippen molar-refractivity contribution >= 4 is 21.7 Å². The second-order valence-electron chi connectivity index (χ2n) is 15.7. The largest absolute Gasteiger partial charge is 0.348 e. The highest BCUT2D eigenvalue weighted by Gasteiger charge is 2.64. The van der Waals surface area contributed by atoms with Gasteiger partial charge in [0.05, 0.1) is 10.9 Å². The number of sulfone groups is 1. The van der Waals surface area contributed by atoms with Gasteiger partial charge in [-0.25, -0.2) is 8.42 Å². The molecule has 6 aliphatic rings. The van der Waals surface area contributed by atoms with Crippen molar-refractivity contribution in [3.63, 3.8) is 0 Å². The van der Waals surface area contributed by atoms with Gasteiger partial charge >= 0.3 is 0 Å². The van der Waals surface area contributed by atoms with Crippen LogP contribution in [-0.2, 0) is 45.4 Å². The van der Waals surface area contributed by atoms with Crippen LogP contribution < -0.4 is 10.6 Å². The van der Waals surface area contributed by atoms with Crippen LogP contribution in [-0.4, -0.2) is 43.9 Å². The molecule has 2 aromatic carbocycles. The van der Waals surface area contributed by atoms with Gasteiger partial charge in [-0.3, -0.25) is 9.59 Å². The first kappa shape index (κ1) is 35.3. The normalized spacial score (nSPS) is 33.1. The lowest BCUT2D eigenvalue weighted by molar-refractivity contribution is -0.680. The first-order chi connectivity index (χ1) is 24.0.